The molecule has 0 spiro atoms. The molecule has 1 saturated heterocycles. The number of piperazine rings is 1. The normalized spacial score (nSPS) is 17.1. The molecule has 11 heteroatoms. The predicted octanol–water partition coefficient (Wildman–Crippen LogP) is 2.50. The highest BCUT2D eigenvalue weighted by Gasteiger charge is 2.34. The van der Waals surface area contributed by atoms with Crippen molar-refractivity contribution in [3.63, 3.8) is 0 Å². The van der Waals surface area contributed by atoms with Gasteiger partial charge >= 0.3 is 0 Å². The lowest BCUT2D eigenvalue weighted by Gasteiger charge is -2.32. The lowest BCUT2D eigenvalue weighted by molar-refractivity contribution is 0.273. The van der Waals surface area contributed by atoms with Crippen LogP contribution >= 0.6 is 22.9 Å². The van der Waals surface area contributed by atoms with Crippen LogP contribution in [0.25, 0.3) is 0 Å². The standard InChI is InChI=1S/C16H19ClN2O5S3/c1-2-24-13-3-5-14(6-4-13)26(20,21)18-9-11-19(12-10-18)27(22,23)16-8-7-15(17)25-16/h3-8H,2,9-12H2,1H3. The van der Waals surface area contributed by atoms with Gasteiger partial charge in [-0.05, 0) is 43.3 Å². The molecule has 2 aromatic rings. The summed E-state index contributed by atoms with van der Waals surface area (Å²) in [5.74, 6) is 0.599. The van der Waals surface area contributed by atoms with Crippen molar-refractivity contribution in [2.24, 2.45) is 0 Å². The quantitative estimate of drug-likeness (QED) is 0.675. The Kier molecular flexibility index (Phi) is 6.14. The number of hydrogen-bond acceptors (Lipinski definition) is 6. The molecule has 7 nitrogen and oxygen atoms in total. The third kappa shape index (κ3) is 4.30. The molecule has 0 unspecified atom stereocenters. The fourth-order valence-corrected chi connectivity index (χ4v) is 7.22. The first kappa shape index (κ1) is 20.6. The minimum absolute atomic E-state index is 0.0912. The third-order valence-corrected chi connectivity index (χ3v) is 9.62. The van der Waals surface area contributed by atoms with Crippen molar-refractivity contribution in [3.8, 4) is 5.75 Å². The number of rotatable bonds is 6. The highest BCUT2D eigenvalue weighted by atomic mass is 35.5. The second-order valence-electron chi connectivity index (χ2n) is 5.77. The van der Waals surface area contributed by atoms with Crippen LogP contribution in [0.5, 0.6) is 5.75 Å². The molecule has 0 aliphatic carbocycles. The molecule has 1 aliphatic rings. The molecule has 1 aromatic heterocycles. The van der Waals surface area contributed by atoms with Crippen LogP contribution in [-0.4, -0.2) is 58.2 Å². The maximum absolute atomic E-state index is 12.8. The molecule has 3 rings (SSSR count). The van der Waals surface area contributed by atoms with Crippen molar-refractivity contribution < 1.29 is 21.6 Å². The molecule has 0 saturated carbocycles. The van der Waals surface area contributed by atoms with Gasteiger partial charge in [-0.2, -0.15) is 8.61 Å². The smallest absolute Gasteiger partial charge is 0.252 e. The Morgan fingerprint density at radius 2 is 1.48 bits per heavy atom. The number of benzene rings is 1. The van der Waals surface area contributed by atoms with Crippen LogP contribution in [0.15, 0.2) is 45.5 Å². The second-order valence-corrected chi connectivity index (χ2v) is 11.6. The average molecular weight is 451 g/mol. The molecule has 1 fully saturated rings. The van der Waals surface area contributed by atoms with E-state index in [0.29, 0.717) is 16.7 Å². The minimum atomic E-state index is -3.69. The minimum Gasteiger partial charge on any atom is -0.494 e. The first-order valence-corrected chi connectivity index (χ1v) is 12.3. The topological polar surface area (TPSA) is 84.0 Å². The van der Waals surface area contributed by atoms with Gasteiger partial charge in [0.2, 0.25) is 10.0 Å². The van der Waals surface area contributed by atoms with E-state index < -0.39 is 20.0 Å². The molecule has 0 N–H and O–H groups in total. The lowest BCUT2D eigenvalue weighted by atomic mass is 10.3. The van der Waals surface area contributed by atoms with Crippen LogP contribution < -0.4 is 4.74 Å². The van der Waals surface area contributed by atoms with E-state index in [1.165, 1.54) is 32.9 Å². The van der Waals surface area contributed by atoms with Gasteiger partial charge in [0.05, 0.1) is 15.8 Å². The second kappa shape index (κ2) is 8.06. The summed E-state index contributed by atoms with van der Waals surface area (Å²) in [7, 11) is -7.34. The number of hydrogen-bond donors (Lipinski definition) is 0. The molecular weight excluding hydrogens is 432 g/mol. The van der Waals surface area contributed by atoms with Gasteiger partial charge in [-0.15, -0.1) is 11.3 Å². The Morgan fingerprint density at radius 3 is 1.96 bits per heavy atom. The van der Waals surface area contributed by atoms with Crippen molar-refractivity contribution in [1.82, 2.24) is 8.61 Å². The summed E-state index contributed by atoms with van der Waals surface area (Å²) in [4.78, 5) is 0.160. The number of ether oxygens (including phenoxy) is 1. The summed E-state index contributed by atoms with van der Waals surface area (Å²) < 4.78 is 59.3. The zero-order valence-electron chi connectivity index (χ0n) is 14.5. The molecule has 1 aliphatic heterocycles. The van der Waals surface area contributed by atoms with E-state index in [2.05, 4.69) is 0 Å². The Balaban J connectivity index is 1.71. The van der Waals surface area contributed by atoms with E-state index in [-0.39, 0.29) is 35.3 Å². The highest BCUT2D eigenvalue weighted by Crippen LogP contribution is 2.29. The SMILES string of the molecule is CCOc1ccc(S(=O)(=O)N2CCN(S(=O)(=O)c3ccc(Cl)s3)CC2)cc1. The largest absolute Gasteiger partial charge is 0.494 e. The Labute approximate surface area is 168 Å². The van der Waals surface area contributed by atoms with Crippen LogP contribution in [-0.2, 0) is 20.0 Å². The van der Waals surface area contributed by atoms with Gasteiger partial charge in [-0.25, -0.2) is 16.8 Å². The number of nitrogens with zero attached hydrogens (tertiary/aromatic N) is 2. The lowest BCUT2D eigenvalue weighted by Crippen LogP contribution is -2.50. The predicted molar refractivity (Wildman–Crippen MR) is 104 cm³/mol. The van der Waals surface area contributed by atoms with Gasteiger partial charge in [-0.1, -0.05) is 11.6 Å². The maximum Gasteiger partial charge on any atom is 0.252 e. The van der Waals surface area contributed by atoms with Crippen molar-refractivity contribution in [2.75, 3.05) is 32.8 Å². The highest BCUT2D eigenvalue weighted by molar-refractivity contribution is 7.91. The number of halogens is 1. The van der Waals surface area contributed by atoms with E-state index in [9.17, 15) is 16.8 Å². The Hall–Kier alpha value is -1.17. The van der Waals surface area contributed by atoms with E-state index in [1.807, 2.05) is 6.92 Å². The van der Waals surface area contributed by atoms with E-state index >= 15 is 0 Å². The Bertz CT molecular complexity index is 995. The first-order chi connectivity index (χ1) is 12.7. The summed E-state index contributed by atoms with van der Waals surface area (Å²) in [6, 6.07) is 9.21. The molecule has 2 heterocycles. The maximum atomic E-state index is 12.8. The third-order valence-electron chi connectivity index (χ3n) is 4.11. The molecule has 0 radical (unpaired) electrons. The Morgan fingerprint density at radius 1 is 0.926 bits per heavy atom. The first-order valence-electron chi connectivity index (χ1n) is 8.23. The molecule has 0 bridgehead atoms. The van der Waals surface area contributed by atoms with Crippen molar-refractivity contribution in [1.29, 1.82) is 0 Å². The molecular formula is C16H19ClN2O5S3. The monoisotopic (exact) mass is 450 g/mol. The number of sulfonamides is 2. The van der Waals surface area contributed by atoms with E-state index in [4.69, 9.17) is 16.3 Å². The fourth-order valence-electron chi connectivity index (χ4n) is 2.74. The van der Waals surface area contributed by atoms with Gasteiger partial charge in [0.15, 0.2) is 0 Å². The zero-order valence-corrected chi connectivity index (χ0v) is 17.7. The van der Waals surface area contributed by atoms with Crippen LogP contribution in [0.3, 0.4) is 0 Å². The van der Waals surface area contributed by atoms with Crippen molar-refractivity contribution in [3.05, 3.63) is 40.7 Å². The van der Waals surface area contributed by atoms with Crippen molar-refractivity contribution in [2.45, 2.75) is 16.0 Å². The molecule has 148 valence electrons. The van der Waals surface area contributed by atoms with Crippen LogP contribution in [0.1, 0.15) is 6.92 Å². The van der Waals surface area contributed by atoms with E-state index in [1.54, 1.807) is 12.1 Å². The average Bonchev–Trinajstić information content (AvgIpc) is 3.10. The van der Waals surface area contributed by atoms with Crippen LogP contribution in [0.2, 0.25) is 4.34 Å². The number of thiophene rings is 1. The molecule has 1 aromatic carbocycles. The fraction of sp³-hybridized carbons (Fsp3) is 0.375. The van der Waals surface area contributed by atoms with Crippen LogP contribution in [0, 0.1) is 0 Å². The van der Waals surface area contributed by atoms with Crippen molar-refractivity contribution >= 4 is 43.0 Å². The van der Waals surface area contributed by atoms with Crippen LogP contribution in [0.4, 0.5) is 0 Å². The molecule has 27 heavy (non-hydrogen) atoms. The van der Waals surface area contributed by atoms with Gasteiger partial charge < -0.3 is 4.74 Å². The van der Waals surface area contributed by atoms with Gasteiger partial charge in [-0.3, -0.25) is 0 Å². The summed E-state index contributed by atoms with van der Waals surface area (Å²) in [6.45, 7) is 2.71. The molecule has 0 amide bonds. The summed E-state index contributed by atoms with van der Waals surface area (Å²) in [5.41, 5.74) is 0. The van der Waals surface area contributed by atoms with Gasteiger partial charge in [0, 0.05) is 26.2 Å². The van der Waals surface area contributed by atoms with E-state index in [0.717, 1.165) is 11.3 Å². The molecule has 0 atom stereocenters. The summed E-state index contributed by atoms with van der Waals surface area (Å²) in [5, 5.41) is 0. The summed E-state index contributed by atoms with van der Waals surface area (Å²) in [6.07, 6.45) is 0. The van der Waals surface area contributed by atoms with Gasteiger partial charge in [0.25, 0.3) is 10.0 Å². The zero-order chi connectivity index (χ0) is 19.7. The van der Waals surface area contributed by atoms with Gasteiger partial charge in [0.1, 0.15) is 9.96 Å². The summed E-state index contributed by atoms with van der Waals surface area (Å²) >= 11 is 6.82.